The Kier molecular flexibility index (Phi) is 7.31. The predicted octanol–water partition coefficient (Wildman–Crippen LogP) is -0.754. The molecule has 16 heteroatoms. The number of benzene rings is 1. The van der Waals surface area contributed by atoms with Gasteiger partial charge < -0.3 is 36.5 Å². The Hall–Kier alpha value is -4.18. The number of aliphatic imine (C=N–C) groups is 1. The largest absolute Gasteiger partial charge is 0.549 e. The number of rotatable bonds is 6. The number of hydrogen-bond donors (Lipinski definition) is 5. The maximum atomic E-state index is 13.0. The van der Waals surface area contributed by atoms with Crippen LogP contribution in [0.2, 0.25) is 0 Å². The number of aromatic carboxylic acids is 1. The zero-order chi connectivity index (χ0) is 26.9. The van der Waals surface area contributed by atoms with Crippen LogP contribution in [0, 0.1) is 0 Å². The van der Waals surface area contributed by atoms with E-state index in [0.29, 0.717) is 12.1 Å². The van der Waals surface area contributed by atoms with E-state index in [1.54, 1.807) is 24.4 Å². The van der Waals surface area contributed by atoms with Crippen molar-refractivity contribution in [1.82, 2.24) is 20.1 Å². The van der Waals surface area contributed by atoms with Crippen LogP contribution in [0.4, 0.5) is 9.93 Å². The van der Waals surface area contributed by atoms with Gasteiger partial charge in [-0.2, -0.15) is 0 Å². The zero-order valence-corrected chi connectivity index (χ0v) is 20.5. The molecule has 0 bridgehead atoms. The maximum Gasteiger partial charge on any atom is 0.549 e. The molecule has 1 fully saturated rings. The molecule has 37 heavy (non-hydrogen) atoms. The number of aromatic nitrogens is 1. The summed E-state index contributed by atoms with van der Waals surface area (Å²) in [5.74, 6) is -4.04. The van der Waals surface area contributed by atoms with Crippen molar-refractivity contribution in [2.24, 2.45) is 10.7 Å². The van der Waals surface area contributed by atoms with Gasteiger partial charge >= 0.3 is 30.9 Å². The second kappa shape index (κ2) is 10.4. The van der Waals surface area contributed by atoms with E-state index in [2.05, 4.69) is 15.3 Å². The molecule has 2 atom stereocenters. The molecular weight excluding hydrogens is 505 g/mol. The maximum absolute atomic E-state index is 13.0. The van der Waals surface area contributed by atoms with Gasteiger partial charge in [0.05, 0.1) is 11.3 Å². The van der Waals surface area contributed by atoms with Gasteiger partial charge in [0.15, 0.2) is 5.13 Å². The molecule has 1 saturated heterocycles. The summed E-state index contributed by atoms with van der Waals surface area (Å²) in [6.07, 6.45) is 0.101. The first-order valence-electron chi connectivity index (χ1n) is 11.3. The molecule has 1 aromatic carbocycles. The van der Waals surface area contributed by atoms with Crippen molar-refractivity contribution < 1.29 is 34.0 Å². The topological polar surface area (TPSA) is 214 Å². The fourth-order valence-corrected chi connectivity index (χ4v) is 4.65. The van der Waals surface area contributed by atoms with Crippen molar-refractivity contribution in [3.05, 3.63) is 40.4 Å². The fraction of sp³-hybridized carbons (Fsp3) is 0.333. The monoisotopic (exact) mass is 529 g/mol. The lowest BCUT2D eigenvalue weighted by Gasteiger charge is -2.32. The number of thiazole rings is 1. The summed E-state index contributed by atoms with van der Waals surface area (Å²) < 4.78 is 5.45. The van der Waals surface area contributed by atoms with Gasteiger partial charge in [0.25, 0.3) is 0 Å². The number of para-hydroxylation sites is 1. The first-order chi connectivity index (χ1) is 17.6. The number of fused-ring (bicyclic) bond motifs is 1. The van der Waals surface area contributed by atoms with Crippen LogP contribution in [-0.4, -0.2) is 87.3 Å². The average Bonchev–Trinajstić information content (AvgIpc) is 3.29. The fourth-order valence-electron chi connectivity index (χ4n) is 4.06. The Bertz CT molecular complexity index is 1290. The molecule has 2 aromatic rings. The number of carboxylic acid groups (broad SMARTS) is 1. The molecule has 3 heterocycles. The number of carboxylic acids is 1. The molecule has 14 nitrogen and oxygen atoms in total. The van der Waals surface area contributed by atoms with Crippen molar-refractivity contribution in [3.63, 3.8) is 0 Å². The lowest BCUT2D eigenvalue weighted by Crippen LogP contribution is -2.59. The molecule has 4 amide bonds. The molecule has 0 spiro atoms. The predicted molar refractivity (Wildman–Crippen MR) is 133 cm³/mol. The molecule has 7 N–H and O–H groups in total. The Morgan fingerprint density at radius 1 is 1.35 bits per heavy atom. The summed E-state index contributed by atoms with van der Waals surface area (Å²) in [6, 6.07) is 2.53. The zero-order valence-electron chi connectivity index (χ0n) is 19.7. The summed E-state index contributed by atoms with van der Waals surface area (Å²) in [5, 5.41) is 24.2. The number of nitrogens with two attached hydrogens (primary N) is 2. The Morgan fingerprint density at radius 3 is 2.76 bits per heavy atom. The summed E-state index contributed by atoms with van der Waals surface area (Å²) in [7, 11) is -1.52. The van der Waals surface area contributed by atoms with E-state index in [9.17, 15) is 29.3 Å². The summed E-state index contributed by atoms with van der Waals surface area (Å²) >= 11 is 1.09. The van der Waals surface area contributed by atoms with Crippen molar-refractivity contribution in [2.75, 3.05) is 25.4 Å². The Morgan fingerprint density at radius 2 is 2.11 bits per heavy atom. The lowest BCUT2D eigenvalue weighted by atomic mass is 9.72. The van der Waals surface area contributed by atoms with Crippen LogP contribution < -0.4 is 21.4 Å². The van der Waals surface area contributed by atoms with Crippen molar-refractivity contribution in [3.8, 4) is 5.75 Å². The highest BCUT2D eigenvalue weighted by molar-refractivity contribution is 7.13. The smallest absolute Gasteiger partial charge is 0.534 e. The Balaban J connectivity index is 1.59. The highest BCUT2D eigenvalue weighted by Crippen LogP contribution is 2.31. The Labute approximate surface area is 215 Å². The quantitative estimate of drug-likeness (QED) is 0.137. The molecular formula is C21H24BN7O7S. The molecule has 0 radical (unpaired) electrons. The third kappa shape index (κ3) is 5.19. The number of piperazine rings is 1. The standard InChI is InChI=1S/C21H24BN7O7S/c1-2-28-6-7-29(18(31)17(28)30)21(34)27-14(12-9-37-20(24)25-12)16(23)26-13-8-10-4-3-5-11(19(32)33)15(10)36-22(13)35/h3-5,9,13-14,35H,2,6-8H2,1H3,(H2,23,26)(H2,24,25)(H,27,34)(H,32,33)/t13-,14?/m0/s1. The second-order valence-electron chi connectivity index (χ2n) is 8.27. The minimum Gasteiger partial charge on any atom is -0.534 e. The summed E-state index contributed by atoms with van der Waals surface area (Å²) in [4.78, 5) is 59.8. The molecule has 0 saturated carbocycles. The van der Waals surface area contributed by atoms with Crippen molar-refractivity contribution in [1.29, 1.82) is 0 Å². The average molecular weight is 529 g/mol. The van der Waals surface area contributed by atoms with E-state index < -0.39 is 42.9 Å². The van der Waals surface area contributed by atoms with E-state index in [0.717, 1.165) is 16.2 Å². The van der Waals surface area contributed by atoms with E-state index >= 15 is 0 Å². The van der Waals surface area contributed by atoms with Gasteiger partial charge in [0, 0.05) is 25.0 Å². The second-order valence-corrected chi connectivity index (χ2v) is 9.16. The van der Waals surface area contributed by atoms with Gasteiger partial charge in [-0.25, -0.2) is 14.6 Å². The molecule has 2 aliphatic rings. The number of carbonyl (C=O) groups excluding carboxylic acids is 3. The van der Waals surface area contributed by atoms with Crippen LogP contribution in [-0.2, 0) is 16.0 Å². The van der Waals surface area contributed by atoms with Gasteiger partial charge in [-0.15, -0.1) is 11.3 Å². The van der Waals surface area contributed by atoms with Gasteiger partial charge in [0.2, 0.25) is 0 Å². The van der Waals surface area contributed by atoms with Crippen molar-refractivity contribution in [2.45, 2.75) is 25.3 Å². The van der Waals surface area contributed by atoms with E-state index in [1.165, 1.54) is 11.0 Å². The van der Waals surface area contributed by atoms with Gasteiger partial charge in [0.1, 0.15) is 23.6 Å². The lowest BCUT2D eigenvalue weighted by molar-refractivity contribution is -0.153. The van der Waals surface area contributed by atoms with Crippen LogP contribution in [0.25, 0.3) is 0 Å². The summed E-state index contributed by atoms with van der Waals surface area (Å²) in [5.41, 5.74) is 12.6. The SMILES string of the molecule is CCN1CCN(C(=O)NC(/C(N)=N/[C@H]2Cc3cccc(C(=O)O)c3OB2O)c2csc(N)n2)C(=O)C1=O. The highest BCUT2D eigenvalue weighted by atomic mass is 32.1. The molecule has 194 valence electrons. The molecule has 0 aliphatic carbocycles. The molecule has 2 aliphatic heterocycles. The third-order valence-electron chi connectivity index (χ3n) is 5.97. The molecule has 4 rings (SSSR count). The van der Waals surface area contributed by atoms with Gasteiger partial charge in [-0.1, -0.05) is 12.1 Å². The van der Waals surface area contributed by atoms with E-state index in [-0.39, 0.29) is 47.5 Å². The number of nitrogens with zero attached hydrogens (tertiary/aromatic N) is 4. The third-order valence-corrected chi connectivity index (χ3v) is 6.67. The normalized spacial score (nSPS) is 18.8. The number of imide groups is 1. The van der Waals surface area contributed by atoms with Crippen molar-refractivity contribution >= 4 is 53.2 Å². The summed E-state index contributed by atoms with van der Waals surface area (Å²) in [6.45, 7) is 2.25. The van der Waals surface area contributed by atoms with Crippen LogP contribution in [0.15, 0.2) is 28.6 Å². The molecule has 1 unspecified atom stereocenters. The number of urea groups is 1. The first-order valence-corrected chi connectivity index (χ1v) is 12.1. The number of amides is 4. The number of likely N-dealkylation sites (N-methyl/N-ethyl adjacent to an activating group) is 1. The van der Waals surface area contributed by atoms with Crippen LogP contribution in [0.3, 0.4) is 0 Å². The van der Waals surface area contributed by atoms with Gasteiger partial charge in [-0.3, -0.25) is 19.5 Å². The molecule has 1 aromatic heterocycles. The number of anilines is 1. The van der Waals surface area contributed by atoms with Crippen LogP contribution in [0.5, 0.6) is 5.75 Å². The van der Waals surface area contributed by atoms with Crippen LogP contribution in [0.1, 0.15) is 34.6 Å². The first kappa shape index (κ1) is 25.9. The van der Waals surface area contributed by atoms with Gasteiger partial charge in [-0.05, 0) is 25.0 Å². The number of carbonyl (C=O) groups is 4. The number of hydrogen-bond acceptors (Lipinski definition) is 10. The minimum atomic E-state index is -1.52. The highest BCUT2D eigenvalue weighted by Gasteiger charge is 2.39. The van der Waals surface area contributed by atoms with E-state index in [4.69, 9.17) is 16.1 Å². The van der Waals surface area contributed by atoms with Crippen LogP contribution >= 0.6 is 11.3 Å². The number of amidine groups is 1. The van der Waals surface area contributed by atoms with E-state index in [1.807, 2.05) is 0 Å². The number of nitrogens with one attached hydrogen (secondary N) is 1. The minimum absolute atomic E-state index is 0.00884. The number of nitrogen functional groups attached to an aromatic ring is 1.